The second-order valence-corrected chi connectivity index (χ2v) is 8.56. The summed E-state index contributed by atoms with van der Waals surface area (Å²) in [5, 5.41) is 0.427. The summed E-state index contributed by atoms with van der Waals surface area (Å²) in [6.45, 7) is 0.641. The van der Waals surface area contributed by atoms with Crippen molar-refractivity contribution < 1.29 is 12.8 Å². The molecule has 0 aliphatic heterocycles. The van der Waals surface area contributed by atoms with E-state index in [1.54, 1.807) is 18.2 Å². The minimum Gasteiger partial charge on any atom is -0.308 e. The number of hydrogen-bond donors (Lipinski definition) is 0. The summed E-state index contributed by atoms with van der Waals surface area (Å²) in [4.78, 5) is 1.88. The first-order valence-electron chi connectivity index (χ1n) is 7.55. The van der Waals surface area contributed by atoms with Crippen LogP contribution in [0.3, 0.4) is 0 Å². The van der Waals surface area contributed by atoms with Crippen LogP contribution < -0.4 is 0 Å². The van der Waals surface area contributed by atoms with E-state index in [-0.39, 0.29) is 28.0 Å². The van der Waals surface area contributed by atoms with Gasteiger partial charge in [-0.05, 0) is 38.4 Å². The van der Waals surface area contributed by atoms with Crippen LogP contribution in [-0.4, -0.2) is 44.8 Å². The van der Waals surface area contributed by atoms with E-state index in [9.17, 15) is 12.8 Å². The molecule has 0 amide bonds. The molecule has 0 saturated heterocycles. The maximum atomic E-state index is 14.0. The van der Waals surface area contributed by atoms with Crippen molar-refractivity contribution in [2.24, 2.45) is 0 Å². The highest BCUT2D eigenvalue weighted by molar-refractivity contribution is 7.89. The summed E-state index contributed by atoms with van der Waals surface area (Å²) in [7, 11) is -0.173. The first-order valence-corrected chi connectivity index (χ1v) is 9.75. The maximum absolute atomic E-state index is 14.0. The van der Waals surface area contributed by atoms with Gasteiger partial charge in [0, 0.05) is 25.2 Å². The summed E-state index contributed by atoms with van der Waals surface area (Å²) >= 11 is 11.8. The molecule has 4 nitrogen and oxygen atoms in total. The average molecular weight is 405 g/mol. The lowest BCUT2D eigenvalue weighted by Gasteiger charge is -2.24. The fraction of sp³-hybridized carbons (Fsp3) is 0.294. The maximum Gasteiger partial charge on any atom is 0.243 e. The van der Waals surface area contributed by atoms with Crippen molar-refractivity contribution in [1.82, 2.24) is 9.21 Å². The molecule has 2 aromatic carbocycles. The summed E-state index contributed by atoms with van der Waals surface area (Å²) in [5.74, 6) is -0.443. The van der Waals surface area contributed by atoms with E-state index in [1.807, 2.05) is 19.0 Å². The molecule has 0 aliphatic rings. The molecule has 0 N–H and O–H groups in total. The van der Waals surface area contributed by atoms with Crippen LogP contribution in [0.15, 0.2) is 47.4 Å². The van der Waals surface area contributed by atoms with Crippen LogP contribution in [-0.2, 0) is 16.6 Å². The second-order valence-electron chi connectivity index (χ2n) is 5.81. The Hall–Kier alpha value is -1.18. The molecule has 2 rings (SSSR count). The molecular weight excluding hydrogens is 386 g/mol. The lowest BCUT2D eigenvalue weighted by Crippen LogP contribution is -2.36. The molecule has 0 spiro atoms. The van der Waals surface area contributed by atoms with Gasteiger partial charge in [-0.2, -0.15) is 4.31 Å². The van der Waals surface area contributed by atoms with Gasteiger partial charge in [0.1, 0.15) is 5.82 Å². The number of benzene rings is 2. The summed E-state index contributed by atoms with van der Waals surface area (Å²) < 4.78 is 41.2. The van der Waals surface area contributed by atoms with Gasteiger partial charge < -0.3 is 4.90 Å². The summed E-state index contributed by atoms with van der Waals surface area (Å²) in [5.41, 5.74) is 0.310. The molecule has 0 saturated carbocycles. The Labute approximate surface area is 157 Å². The highest BCUT2D eigenvalue weighted by Crippen LogP contribution is 2.27. The monoisotopic (exact) mass is 404 g/mol. The predicted molar refractivity (Wildman–Crippen MR) is 99.0 cm³/mol. The quantitative estimate of drug-likeness (QED) is 0.702. The van der Waals surface area contributed by atoms with Crippen molar-refractivity contribution in [2.45, 2.75) is 11.4 Å². The zero-order valence-corrected chi connectivity index (χ0v) is 16.2. The molecule has 25 heavy (non-hydrogen) atoms. The second kappa shape index (κ2) is 8.47. The van der Waals surface area contributed by atoms with Crippen molar-refractivity contribution in [2.75, 3.05) is 27.2 Å². The van der Waals surface area contributed by atoms with E-state index in [0.29, 0.717) is 12.1 Å². The van der Waals surface area contributed by atoms with E-state index < -0.39 is 15.8 Å². The van der Waals surface area contributed by atoms with Gasteiger partial charge in [-0.1, -0.05) is 41.4 Å². The number of halogens is 3. The normalized spacial score (nSPS) is 12.1. The molecule has 0 atom stereocenters. The molecule has 0 bridgehead atoms. The highest BCUT2D eigenvalue weighted by atomic mass is 35.5. The minimum atomic E-state index is -3.85. The molecular formula is C17H19Cl2FN2O2S. The number of rotatable bonds is 7. The van der Waals surface area contributed by atoms with Crippen LogP contribution in [0, 0.1) is 5.82 Å². The third-order valence-electron chi connectivity index (χ3n) is 3.63. The van der Waals surface area contributed by atoms with Gasteiger partial charge in [0.15, 0.2) is 0 Å². The molecule has 0 aromatic heterocycles. The summed E-state index contributed by atoms with van der Waals surface area (Å²) in [6.07, 6.45) is 0. The largest absolute Gasteiger partial charge is 0.308 e. The molecule has 0 aliphatic carbocycles. The lowest BCUT2D eigenvalue weighted by molar-refractivity contribution is 0.327. The highest BCUT2D eigenvalue weighted by Gasteiger charge is 2.26. The fourth-order valence-corrected chi connectivity index (χ4v) is 4.00. The van der Waals surface area contributed by atoms with Crippen LogP contribution in [0.4, 0.5) is 4.39 Å². The van der Waals surface area contributed by atoms with Gasteiger partial charge in [0.05, 0.1) is 14.9 Å². The van der Waals surface area contributed by atoms with Crippen LogP contribution in [0.2, 0.25) is 10.0 Å². The van der Waals surface area contributed by atoms with E-state index in [1.165, 1.54) is 28.6 Å². The van der Waals surface area contributed by atoms with Gasteiger partial charge in [0.2, 0.25) is 10.0 Å². The molecule has 2 aromatic rings. The van der Waals surface area contributed by atoms with Crippen LogP contribution >= 0.6 is 23.2 Å². The van der Waals surface area contributed by atoms with E-state index in [4.69, 9.17) is 23.2 Å². The number of nitrogens with zero attached hydrogens (tertiary/aromatic N) is 2. The van der Waals surface area contributed by atoms with Gasteiger partial charge in [-0.25, -0.2) is 12.8 Å². The van der Waals surface area contributed by atoms with Gasteiger partial charge in [-0.3, -0.25) is 0 Å². The third kappa shape index (κ3) is 5.15. The third-order valence-corrected chi connectivity index (χ3v) is 6.21. The smallest absolute Gasteiger partial charge is 0.243 e. The number of sulfonamides is 1. The zero-order chi connectivity index (χ0) is 18.6. The van der Waals surface area contributed by atoms with Gasteiger partial charge in [-0.15, -0.1) is 0 Å². The van der Waals surface area contributed by atoms with Crippen LogP contribution in [0.1, 0.15) is 5.56 Å². The predicted octanol–water partition coefficient (Wildman–Crippen LogP) is 3.89. The van der Waals surface area contributed by atoms with Crippen LogP contribution in [0.5, 0.6) is 0 Å². The van der Waals surface area contributed by atoms with Gasteiger partial charge >= 0.3 is 0 Å². The summed E-state index contributed by atoms with van der Waals surface area (Å²) in [6, 6.07) is 10.3. The van der Waals surface area contributed by atoms with Crippen LogP contribution in [0.25, 0.3) is 0 Å². The van der Waals surface area contributed by atoms with Gasteiger partial charge in [0.25, 0.3) is 0 Å². The molecule has 0 unspecified atom stereocenters. The Kier molecular flexibility index (Phi) is 6.82. The van der Waals surface area contributed by atoms with E-state index >= 15 is 0 Å². The molecule has 8 heteroatoms. The molecule has 0 radical (unpaired) electrons. The topological polar surface area (TPSA) is 40.6 Å². The van der Waals surface area contributed by atoms with Crippen molar-refractivity contribution in [3.8, 4) is 0 Å². The Morgan fingerprint density at radius 3 is 2.28 bits per heavy atom. The number of hydrogen-bond acceptors (Lipinski definition) is 3. The average Bonchev–Trinajstić information content (AvgIpc) is 2.55. The minimum absolute atomic E-state index is 0.0250. The number of likely N-dealkylation sites (N-methyl/N-ethyl adjacent to an activating group) is 1. The standard InChI is InChI=1S/C17H19Cl2FN2O2S/c1-21(2)9-10-22(12-13-5-3-4-6-17(13)20)25(23,24)14-7-8-15(18)16(19)11-14/h3-8,11H,9-10,12H2,1-2H3. The van der Waals surface area contributed by atoms with Crippen molar-refractivity contribution in [3.05, 3.63) is 63.9 Å². The Bertz CT molecular complexity index is 844. The lowest BCUT2D eigenvalue weighted by atomic mass is 10.2. The Morgan fingerprint density at radius 1 is 1.00 bits per heavy atom. The first-order chi connectivity index (χ1) is 11.7. The SMILES string of the molecule is CN(C)CCN(Cc1ccccc1F)S(=O)(=O)c1ccc(Cl)c(Cl)c1. The van der Waals surface area contributed by atoms with Crippen molar-refractivity contribution in [1.29, 1.82) is 0 Å². The van der Waals surface area contributed by atoms with E-state index in [0.717, 1.165) is 0 Å². The fourth-order valence-electron chi connectivity index (χ4n) is 2.20. The molecule has 0 fully saturated rings. The van der Waals surface area contributed by atoms with Crippen molar-refractivity contribution in [3.63, 3.8) is 0 Å². The van der Waals surface area contributed by atoms with Crippen molar-refractivity contribution >= 4 is 33.2 Å². The Morgan fingerprint density at radius 2 is 1.68 bits per heavy atom. The zero-order valence-electron chi connectivity index (χ0n) is 13.9. The first kappa shape index (κ1) is 20.1. The van der Waals surface area contributed by atoms with E-state index in [2.05, 4.69) is 0 Å². The Balaban J connectivity index is 2.39. The molecule has 0 heterocycles. The molecule has 136 valence electrons.